The van der Waals surface area contributed by atoms with Gasteiger partial charge in [-0.2, -0.15) is 0 Å². The van der Waals surface area contributed by atoms with Crippen molar-refractivity contribution in [2.75, 3.05) is 13.1 Å². The van der Waals surface area contributed by atoms with Gasteiger partial charge in [0.25, 0.3) is 5.91 Å². The van der Waals surface area contributed by atoms with Crippen molar-refractivity contribution in [3.8, 4) is 0 Å². The van der Waals surface area contributed by atoms with Crippen molar-refractivity contribution in [2.24, 2.45) is 13.0 Å². The van der Waals surface area contributed by atoms with Gasteiger partial charge in [-0.25, -0.2) is 4.98 Å². The van der Waals surface area contributed by atoms with Crippen molar-refractivity contribution in [1.29, 1.82) is 0 Å². The molecule has 4 rings (SSSR count). The molecule has 0 radical (unpaired) electrons. The maximum Gasteiger partial charge on any atom is 0.310 e. The lowest BCUT2D eigenvalue weighted by Crippen LogP contribution is -2.53. The topological polar surface area (TPSA) is 75.4 Å². The van der Waals surface area contributed by atoms with Crippen LogP contribution in [0.5, 0.6) is 0 Å². The number of hydrogen-bond donors (Lipinski definition) is 1. The molecule has 0 aliphatic carbocycles. The maximum atomic E-state index is 13.3. The highest BCUT2D eigenvalue weighted by Crippen LogP contribution is 2.31. The number of unbranched alkanes of at least 4 members (excludes halogenated alkanes) is 3. The lowest BCUT2D eigenvalue weighted by Gasteiger charge is -2.36. The minimum Gasteiger partial charge on any atom is -0.481 e. The van der Waals surface area contributed by atoms with Crippen LogP contribution < -0.4 is 0 Å². The first-order chi connectivity index (χ1) is 15.8. The Morgan fingerprint density at radius 1 is 1.06 bits per heavy atom. The number of aromatic nitrogens is 2. The number of pyridine rings is 1. The van der Waals surface area contributed by atoms with Gasteiger partial charge in [0, 0.05) is 42.4 Å². The Kier molecular flexibility index (Phi) is 7.25. The van der Waals surface area contributed by atoms with E-state index in [0.717, 1.165) is 54.6 Å². The molecule has 1 aromatic carbocycles. The highest BCUT2D eigenvalue weighted by Gasteiger charge is 2.38. The molecule has 1 N–H and O–H groups in total. The Hall–Kier alpha value is -2.57. The summed E-state index contributed by atoms with van der Waals surface area (Å²) < 4.78 is 1.97. The van der Waals surface area contributed by atoms with Crippen LogP contribution in [0.25, 0.3) is 11.0 Å². The van der Waals surface area contributed by atoms with Gasteiger partial charge in [-0.05, 0) is 49.4 Å². The number of carboxylic acid groups (broad SMARTS) is 1. The van der Waals surface area contributed by atoms with E-state index >= 15 is 0 Å². The molecule has 0 saturated carbocycles. The summed E-state index contributed by atoms with van der Waals surface area (Å²) in [6.07, 6.45) is 7.51. The van der Waals surface area contributed by atoms with E-state index in [2.05, 4.69) is 11.1 Å². The number of halogens is 2. The monoisotopic (exact) mass is 487 g/mol. The van der Waals surface area contributed by atoms with Crippen molar-refractivity contribution >= 4 is 46.1 Å². The molecule has 6 nitrogen and oxygen atoms in total. The Balaban J connectivity index is 1.43. The minimum atomic E-state index is -0.861. The summed E-state index contributed by atoms with van der Waals surface area (Å²) in [6, 6.07) is 9.76. The summed E-state index contributed by atoms with van der Waals surface area (Å²) in [5.74, 6) is -1.49. The number of hydrogen-bond acceptors (Lipinski definition) is 3. The molecular weight excluding hydrogens is 461 g/mol. The Morgan fingerprint density at radius 3 is 2.48 bits per heavy atom. The van der Waals surface area contributed by atoms with Crippen molar-refractivity contribution in [3.05, 3.63) is 63.4 Å². The summed E-state index contributed by atoms with van der Waals surface area (Å²) >= 11 is 12.2. The Labute approximate surface area is 203 Å². The summed E-state index contributed by atoms with van der Waals surface area (Å²) in [7, 11) is 1.92. The summed E-state index contributed by atoms with van der Waals surface area (Å²) in [5.41, 5.74) is 3.50. The van der Waals surface area contributed by atoms with Crippen LogP contribution in [-0.4, -0.2) is 44.5 Å². The molecule has 1 saturated heterocycles. The van der Waals surface area contributed by atoms with Crippen LogP contribution in [-0.2, 0) is 24.7 Å². The second kappa shape index (κ2) is 10.1. The average Bonchev–Trinajstić information content (AvgIpc) is 3.00. The SMILES string of the molecule is Cn1c(CCCCCCc2cccc(Cl)c2)c(C(=O)N2CC(C(=O)O)C2)c2cc(Cl)cnc21. The van der Waals surface area contributed by atoms with Crippen LogP contribution in [0.2, 0.25) is 10.0 Å². The fourth-order valence-electron chi connectivity index (χ4n) is 4.49. The third kappa shape index (κ3) is 5.17. The number of rotatable bonds is 9. The van der Waals surface area contributed by atoms with Gasteiger partial charge in [-0.3, -0.25) is 9.59 Å². The van der Waals surface area contributed by atoms with Crippen molar-refractivity contribution in [1.82, 2.24) is 14.5 Å². The molecule has 1 aliphatic heterocycles. The number of fused-ring (bicyclic) bond motifs is 1. The number of aliphatic carboxylic acids is 1. The number of carbonyl (C=O) groups excluding carboxylic acids is 1. The van der Waals surface area contributed by atoms with Crippen LogP contribution in [0, 0.1) is 5.92 Å². The van der Waals surface area contributed by atoms with Crippen molar-refractivity contribution in [3.63, 3.8) is 0 Å². The Bertz CT molecular complexity index is 1190. The molecule has 1 fully saturated rings. The number of carbonyl (C=O) groups is 2. The van der Waals surface area contributed by atoms with E-state index in [1.807, 2.05) is 29.8 Å². The zero-order valence-electron chi connectivity index (χ0n) is 18.6. The predicted molar refractivity (Wildman–Crippen MR) is 130 cm³/mol. The van der Waals surface area contributed by atoms with Crippen LogP contribution in [0.1, 0.15) is 47.3 Å². The lowest BCUT2D eigenvalue weighted by atomic mass is 9.97. The van der Waals surface area contributed by atoms with E-state index in [9.17, 15) is 9.59 Å². The maximum absolute atomic E-state index is 13.3. The van der Waals surface area contributed by atoms with Gasteiger partial charge in [0.15, 0.2) is 0 Å². The number of nitrogens with zero attached hydrogens (tertiary/aromatic N) is 3. The van der Waals surface area contributed by atoms with Crippen LogP contribution in [0.15, 0.2) is 36.5 Å². The fraction of sp³-hybridized carbons (Fsp3) is 0.400. The molecule has 0 spiro atoms. The fourth-order valence-corrected chi connectivity index (χ4v) is 4.86. The Morgan fingerprint density at radius 2 is 1.79 bits per heavy atom. The largest absolute Gasteiger partial charge is 0.481 e. The van der Waals surface area contributed by atoms with E-state index in [4.69, 9.17) is 28.3 Å². The first kappa shape index (κ1) is 23.6. The molecule has 0 atom stereocenters. The quantitative estimate of drug-likeness (QED) is 0.411. The smallest absolute Gasteiger partial charge is 0.310 e. The second-order valence-electron chi connectivity index (χ2n) is 8.69. The highest BCUT2D eigenvalue weighted by molar-refractivity contribution is 6.31. The van der Waals surface area contributed by atoms with Gasteiger partial charge < -0.3 is 14.6 Å². The zero-order chi connectivity index (χ0) is 23.5. The van der Waals surface area contributed by atoms with Gasteiger partial charge in [0.2, 0.25) is 0 Å². The molecule has 1 aliphatic rings. The molecule has 0 unspecified atom stereocenters. The summed E-state index contributed by atoms with van der Waals surface area (Å²) in [4.78, 5) is 30.5. The van der Waals surface area contributed by atoms with Crippen LogP contribution in [0.3, 0.4) is 0 Å². The van der Waals surface area contributed by atoms with Crippen LogP contribution >= 0.6 is 23.2 Å². The standard InChI is InChI=1S/C25H27Cl2N3O3/c1-29-21(10-5-3-2-4-7-16-8-6-9-18(26)11-16)22(20-12-19(27)13-28-23(20)29)24(31)30-14-17(15-30)25(32)33/h6,8-9,11-13,17H,2-5,7,10,14-15H2,1H3,(H,32,33). The van der Waals surface area contributed by atoms with Gasteiger partial charge in [-0.1, -0.05) is 48.2 Å². The van der Waals surface area contributed by atoms with E-state index < -0.39 is 11.9 Å². The van der Waals surface area contributed by atoms with E-state index in [0.29, 0.717) is 16.2 Å². The number of carboxylic acids is 1. The first-order valence-electron chi connectivity index (χ1n) is 11.2. The lowest BCUT2D eigenvalue weighted by molar-refractivity contribution is -0.146. The van der Waals surface area contributed by atoms with Gasteiger partial charge >= 0.3 is 5.97 Å². The average molecular weight is 488 g/mol. The molecule has 8 heteroatoms. The molecule has 174 valence electrons. The van der Waals surface area contributed by atoms with Crippen molar-refractivity contribution < 1.29 is 14.7 Å². The van der Waals surface area contributed by atoms with Crippen molar-refractivity contribution in [2.45, 2.75) is 38.5 Å². The second-order valence-corrected chi connectivity index (χ2v) is 9.57. The van der Waals surface area contributed by atoms with Gasteiger partial charge in [0.1, 0.15) is 5.65 Å². The minimum absolute atomic E-state index is 0.141. The molecule has 33 heavy (non-hydrogen) atoms. The van der Waals surface area contributed by atoms with E-state index in [-0.39, 0.29) is 19.0 Å². The molecular formula is C25H27Cl2N3O3. The summed E-state index contributed by atoms with van der Waals surface area (Å²) in [5, 5.41) is 11.1. The van der Waals surface area contributed by atoms with E-state index in [1.54, 1.807) is 17.2 Å². The third-order valence-electron chi connectivity index (χ3n) is 6.36. The highest BCUT2D eigenvalue weighted by atomic mass is 35.5. The molecule has 3 aromatic rings. The molecule has 1 amide bonds. The number of aryl methyl sites for hydroxylation is 2. The number of amides is 1. The molecule has 0 bridgehead atoms. The first-order valence-corrected chi connectivity index (χ1v) is 12.0. The normalized spacial score (nSPS) is 14.0. The number of likely N-dealkylation sites (tertiary alicyclic amines) is 1. The summed E-state index contributed by atoms with van der Waals surface area (Å²) in [6.45, 7) is 0.475. The predicted octanol–water partition coefficient (Wildman–Crippen LogP) is 5.38. The van der Waals surface area contributed by atoms with Gasteiger partial charge in [0.05, 0.1) is 16.5 Å². The zero-order valence-corrected chi connectivity index (χ0v) is 20.1. The van der Waals surface area contributed by atoms with Gasteiger partial charge in [-0.15, -0.1) is 0 Å². The van der Waals surface area contributed by atoms with E-state index in [1.165, 1.54) is 5.56 Å². The third-order valence-corrected chi connectivity index (χ3v) is 6.81. The molecule has 2 aromatic heterocycles. The number of benzene rings is 1. The molecule has 3 heterocycles. The van der Waals surface area contributed by atoms with Crippen LogP contribution in [0.4, 0.5) is 0 Å².